The molecule has 0 atom stereocenters. The van der Waals surface area contributed by atoms with Gasteiger partial charge in [0, 0.05) is 0 Å². The van der Waals surface area contributed by atoms with Gasteiger partial charge in [0.2, 0.25) is 0 Å². The van der Waals surface area contributed by atoms with E-state index in [1.165, 1.54) is 60.8 Å². The maximum absolute atomic E-state index is 2.55. The third-order valence-corrected chi connectivity index (χ3v) is 16.7. The molecule has 3 aliphatic carbocycles. The van der Waals surface area contributed by atoms with Crippen LogP contribution in [0.15, 0.2) is 57.9 Å². The molecule has 1 fully saturated rings. The molecule has 0 nitrogen and oxygen atoms in total. The normalized spacial score (nSPS) is 18.4. The molecular weight excluding hydrogens is 476 g/mol. The number of benzene rings is 2. The molecule has 0 aromatic heterocycles. The van der Waals surface area contributed by atoms with Crippen LogP contribution in [0.4, 0.5) is 0 Å². The van der Waals surface area contributed by atoms with E-state index in [1.807, 2.05) is 6.49 Å². The summed E-state index contributed by atoms with van der Waals surface area (Å²) in [7, 11) is 0. The Morgan fingerprint density at radius 2 is 1.27 bits per heavy atom. The van der Waals surface area contributed by atoms with Crippen LogP contribution in [-0.2, 0) is 32.1 Å². The summed E-state index contributed by atoms with van der Waals surface area (Å²) < 4.78 is 4.49. The average molecular weight is 516 g/mol. The fraction of sp³-hybridized carbons (Fsp3) is 0.469. The van der Waals surface area contributed by atoms with Gasteiger partial charge in [-0.2, -0.15) is 0 Å². The molecule has 0 amide bonds. The van der Waals surface area contributed by atoms with E-state index in [1.54, 1.807) is 11.1 Å². The first-order chi connectivity index (χ1) is 15.6. The van der Waals surface area contributed by atoms with E-state index in [4.69, 9.17) is 0 Å². The standard InChI is InChI=1S/C21H25.C6H10.C5H5.Zr/c1-20(2,3)16-9-7-14-11-15-8-10-17(21(4,5)6)13-19(15)18(14)12-16;1-2-4-6-5-3-1;1-2-4-5-3-1;/h7-13H,1-6H3;1-5H2;1-3H,4H2;. The molecule has 172 valence electrons. The third-order valence-electron chi connectivity index (χ3n) is 7.99. The molecule has 5 rings (SSSR count). The van der Waals surface area contributed by atoms with Crippen molar-refractivity contribution in [2.45, 2.75) is 94.5 Å². The van der Waals surface area contributed by atoms with Gasteiger partial charge < -0.3 is 0 Å². The van der Waals surface area contributed by atoms with E-state index >= 15 is 0 Å². The summed E-state index contributed by atoms with van der Waals surface area (Å²) in [4.78, 5) is 0. The van der Waals surface area contributed by atoms with Crippen LogP contribution >= 0.6 is 0 Å². The van der Waals surface area contributed by atoms with Crippen molar-refractivity contribution < 1.29 is 21.3 Å². The van der Waals surface area contributed by atoms with E-state index in [0.717, 1.165) is 0 Å². The summed E-state index contributed by atoms with van der Waals surface area (Å²) in [6.45, 7) is 14.1. The van der Waals surface area contributed by atoms with Gasteiger partial charge in [-0.25, -0.2) is 0 Å². The van der Waals surface area contributed by atoms with Gasteiger partial charge in [-0.1, -0.05) is 0 Å². The van der Waals surface area contributed by atoms with Crippen molar-refractivity contribution in [1.29, 1.82) is 0 Å². The van der Waals surface area contributed by atoms with Gasteiger partial charge >= 0.3 is 210 Å². The van der Waals surface area contributed by atoms with Crippen molar-refractivity contribution in [1.82, 2.24) is 0 Å². The maximum atomic E-state index is 2.55. The quantitative estimate of drug-likeness (QED) is 0.374. The molecule has 1 saturated carbocycles. The Labute approximate surface area is 209 Å². The predicted molar refractivity (Wildman–Crippen MR) is 141 cm³/mol. The molecular formula is C32H40Zr. The molecule has 1 heteroatoms. The van der Waals surface area contributed by atoms with Gasteiger partial charge in [-0.3, -0.25) is 0 Å². The van der Waals surface area contributed by atoms with Crippen LogP contribution in [0.1, 0.15) is 106 Å². The molecule has 0 bridgehead atoms. The Morgan fingerprint density at radius 1 is 0.727 bits per heavy atom. The summed E-state index contributed by atoms with van der Waals surface area (Å²) in [5.41, 5.74) is 9.63. The van der Waals surface area contributed by atoms with Gasteiger partial charge in [-0.05, 0) is 0 Å². The van der Waals surface area contributed by atoms with Crippen molar-refractivity contribution in [3.63, 3.8) is 0 Å². The number of hydrogen-bond acceptors (Lipinski definition) is 0. The molecule has 0 heterocycles. The zero-order chi connectivity index (χ0) is 23.4. The van der Waals surface area contributed by atoms with Crippen LogP contribution < -0.4 is 0 Å². The molecule has 2 aromatic rings. The molecule has 3 aliphatic rings. The minimum atomic E-state index is -2.06. The fourth-order valence-electron chi connectivity index (χ4n) is 6.01. The van der Waals surface area contributed by atoms with Crippen molar-refractivity contribution in [3.05, 3.63) is 80.2 Å². The fourth-order valence-corrected chi connectivity index (χ4v) is 15.5. The van der Waals surface area contributed by atoms with Crippen LogP contribution in [0.25, 0.3) is 11.1 Å². The molecule has 0 radical (unpaired) electrons. The van der Waals surface area contributed by atoms with E-state index in [9.17, 15) is 0 Å². The first-order valence-electron chi connectivity index (χ1n) is 13.0. The first kappa shape index (κ1) is 23.4. The predicted octanol–water partition coefficient (Wildman–Crippen LogP) is 8.95. The van der Waals surface area contributed by atoms with Gasteiger partial charge in [0.05, 0.1) is 0 Å². The van der Waals surface area contributed by atoms with E-state index in [0.29, 0.717) is 3.63 Å². The first-order valence-corrected chi connectivity index (χ1v) is 16.9. The van der Waals surface area contributed by atoms with Crippen LogP contribution in [0.3, 0.4) is 0 Å². The van der Waals surface area contributed by atoms with Crippen LogP contribution in [0.5, 0.6) is 0 Å². The zero-order valence-corrected chi connectivity index (χ0v) is 24.0. The summed E-state index contributed by atoms with van der Waals surface area (Å²) in [5, 5.41) is 0. The molecule has 2 aromatic carbocycles. The van der Waals surface area contributed by atoms with Gasteiger partial charge in [-0.15, -0.1) is 0 Å². The zero-order valence-electron chi connectivity index (χ0n) is 21.5. The Balaban J connectivity index is 1.76. The van der Waals surface area contributed by atoms with Crippen molar-refractivity contribution in [3.8, 4) is 11.1 Å². The number of allylic oxidation sites excluding steroid dienone is 4. The van der Waals surface area contributed by atoms with Crippen LogP contribution in [-0.4, -0.2) is 3.21 Å². The summed E-state index contributed by atoms with van der Waals surface area (Å²) in [6, 6.07) is 15.0. The summed E-state index contributed by atoms with van der Waals surface area (Å²) in [5.74, 6) is 0. The average Bonchev–Trinajstić information content (AvgIpc) is 3.40. The Hall–Kier alpha value is -1.33. The summed E-state index contributed by atoms with van der Waals surface area (Å²) >= 11 is -2.06. The van der Waals surface area contributed by atoms with E-state index in [2.05, 4.69) is 96.2 Å². The SMILES string of the molecule is CC(C)(C)c1ccc2c(c1)-c1cc(C(C)(C)C)ccc1[CH]2[Zr]([C]1=CC=CC1)=[C]1CCCCC1. The van der Waals surface area contributed by atoms with Gasteiger partial charge in [0.15, 0.2) is 0 Å². The third kappa shape index (κ3) is 4.40. The second-order valence-corrected chi connectivity index (χ2v) is 19.2. The number of fused-ring (bicyclic) bond motifs is 3. The summed E-state index contributed by atoms with van der Waals surface area (Å²) in [6.07, 6.45) is 15.5. The monoisotopic (exact) mass is 514 g/mol. The van der Waals surface area contributed by atoms with Gasteiger partial charge in [0.25, 0.3) is 0 Å². The molecule has 33 heavy (non-hydrogen) atoms. The Bertz CT molecular complexity index is 1100. The second kappa shape index (κ2) is 8.71. The molecule has 0 saturated heterocycles. The topological polar surface area (TPSA) is 0 Å². The van der Waals surface area contributed by atoms with Gasteiger partial charge in [0.1, 0.15) is 0 Å². The number of hydrogen-bond donors (Lipinski definition) is 0. The van der Waals surface area contributed by atoms with Crippen LogP contribution in [0.2, 0.25) is 0 Å². The van der Waals surface area contributed by atoms with E-state index in [-0.39, 0.29) is 10.8 Å². The Morgan fingerprint density at radius 3 is 1.73 bits per heavy atom. The van der Waals surface area contributed by atoms with Crippen LogP contribution in [0, 0.1) is 0 Å². The van der Waals surface area contributed by atoms with Crippen molar-refractivity contribution >= 4 is 3.21 Å². The number of rotatable bonds is 2. The second-order valence-electron chi connectivity index (χ2n) is 12.4. The molecule has 0 N–H and O–H groups in total. The molecule has 0 unspecified atom stereocenters. The molecule has 0 spiro atoms. The van der Waals surface area contributed by atoms with Crippen molar-refractivity contribution in [2.75, 3.05) is 0 Å². The van der Waals surface area contributed by atoms with Crippen molar-refractivity contribution in [2.24, 2.45) is 0 Å². The van der Waals surface area contributed by atoms with E-state index < -0.39 is 21.3 Å². The Kier molecular flexibility index (Phi) is 6.18. The minimum absolute atomic E-state index is 0.173. The molecule has 0 aliphatic heterocycles.